The number of amides is 1. The van der Waals surface area contributed by atoms with Crippen molar-refractivity contribution in [3.8, 4) is 0 Å². The highest BCUT2D eigenvalue weighted by atomic mass is 35.5. The molecule has 4 rings (SSSR count). The number of rotatable bonds is 2. The summed E-state index contributed by atoms with van der Waals surface area (Å²) in [5, 5.41) is 4.60. The van der Waals surface area contributed by atoms with Crippen molar-refractivity contribution >= 4 is 29.3 Å². The Bertz CT molecular complexity index is 885. The highest BCUT2D eigenvalue weighted by molar-refractivity contribution is 7.99. The first-order valence-corrected chi connectivity index (χ1v) is 9.52. The second-order valence-corrected chi connectivity index (χ2v) is 7.47. The first-order valence-electron chi connectivity index (χ1n) is 8.15. The molecule has 130 valence electrons. The van der Waals surface area contributed by atoms with E-state index in [4.69, 9.17) is 11.6 Å². The Morgan fingerprint density at radius 2 is 2.16 bits per heavy atom. The first kappa shape index (κ1) is 16.6. The number of carbonyl (C=O) groups is 1. The Kier molecular flexibility index (Phi) is 4.54. The van der Waals surface area contributed by atoms with Crippen molar-refractivity contribution in [2.75, 3.05) is 25.4 Å². The Labute approximate surface area is 154 Å². The van der Waals surface area contributed by atoms with Crippen LogP contribution in [0.2, 0.25) is 5.02 Å². The lowest BCUT2D eigenvalue weighted by Gasteiger charge is -2.36. The predicted molar refractivity (Wildman–Crippen MR) is 97.3 cm³/mol. The first-order chi connectivity index (χ1) is 12.2. The lowest BCUT2D eigenvalue weighted by molar-refractivity contribution is 0.0631. The fraction of sp³-hybridized carbons (Fsp3) is 0.353. The molecule has 1 amide bonds. The summed E-state index contributed by atoms with van der Waals surface area (Å²) in [7, 11) is 0. The van der Waals surface area contributed by atoms with Crippen molar-refractivity contribution in [3.05, 3.63) is 57.0 Å². The Morgan fingerprint density at radius 1 is 1.32 bits per heavy atom. The molecule has 1 unspecified atom stereocenters. The third-order valence-electron chi connectivity index (χ3n) is 4.56. The molecule has 1 atom stereocenters. The molecule has 1 fully saturated rings. The summed E-state index contributed by atoms with van der Waals surface area (Å²) in [4.78, 5) is 31.8. The van der Waals surface area contributed by atoms with E-state index in [9.17, 15) is 9.59 Å². The molecule has 1 N–H and O–H groups in total. The zero-order chi connectivity index (χ0) is 17.4. The second kappa shape index (κ2) is 6.82. The average molecular weight is 377 g/mol. The maximum absolute atomic E-state index is 13.1. The monoisotopic (exact) mass is 376 g/mol. The summed E-state index contributed by atoms with van der Waals surface area (Å²) in [6, 6.07) is 7.30. The number of thioether (sulfide) groups is 1. The molecule has 0 bridgehead atoms. The zero-order valence-corrected chi connectivity index (χ0v) is 15.0. The van der Waals surface area contributed by atoms with Gasteiger partial charge in [0, 0.05) is 43.2 Å². The molecule has 8 heteroatoms. The molecular weight excluding hydrogens is 360 g/mol. The van der Waals surface area contributed by atoms with Gasteiger partial charge in [-0.1, -0.05) is 41.6 Å². The van der Waals surface area contributed by atoms with Gasteiger partial charge in [0.05, 0.1) is 6.04 Å². The van der Waals surface area contributed by atoms with Gasteiger partial charge in [0.15, 0.2) is 5.16 Å². The van der Waals surface area contributed by atoms with Crippen LogP contribution in [0, 0.1) is 0 Å². The van der Waals surface area contributed by atoms with Crippen LogP contribution in [0.3, 0.4) is 0 Å². The minimum Gasteiger partial charge on any atom is -0.329 e. The summed E-state index contributed by atoms with van der Waals surface area (Å²) < 4.78 is 1.59. The van der Waals surface area contributed by atoms with Gasteiger partial charge in [0.1, 0.15) is 5.56 Å². The summed E-state index contributed by atoms with van der Waals surface area (Å²) in [6.45, 7) is 2.40. The highest BCUT2D eigenvalue weighted by Crippen LogP contribution is 2.29. The van der Waals surface area contributed by atoms with Gasteiger partial charge >= 0.3 is 0 Å². The Hall–Kier alpha value is -1.83. The van der Waals surface area contributed by atoms with Crippen molar-refractivity contribution < 1.29 is 4.79 Å². The number of hydrogen-bond donors (Lipinski definition) is 1. The molecule has 0 spiro atoms. The van der Waals surface area contributed by atoms with E-state index >= 15 is 0 Å². The van der Waals surface area contributed by atoms with Crippen LogP contribution < -0.4 is 10.9 Å². The van der Waals surface area contributed by atoms with Crippen molar-refractivity contribution in [2.45, 2.75) is 17.7 Å². The maximum atomic E-state index is 13.1. The lowest BCUT2D eigenvalue weighted by atomic mass is 10.0. The van der Waals surface area contributed by atoms with E-state index in [-0.39, 0.29) is 23.1 Å². The second-order valence-electron chi connectivity index (χ2n) is 6.00. The Balaban J connectivity index is 1.71. The number of carbonyl (C=O) groups excluding carboxylic acids is 1. The number of aromatic nitrogens is 2. The Morgan fingerprint density at radius 3 is 3.00 bits per heavy atom. The third kappa shape index (κ3) is 2.96. The number of hydrogen-bond acceptors (Lipinski definition) is 5. The van der Waals surface area contributed by atoms with Gasteiger partial charge in [0.25, 0.3) is 11.5 Å². The maximum Gasteiger partial charge on any atom is 0.267 e. The average Bonchev–Trinajstić information content (AvgIpc) is 3.12. The highest BCUT2D eigenvalue weighted by Gasteiger charge is 2.32. The van der Waals surface area contributed by atoms with Gasteiger partial charge in [-0.05, 0) is 11.6 Å². The fourth-order valence-corrected chi connectivity index (χ4v) is 4.46. The molecule has 6 nitrogen and oxygen atoms in total. The van der Waals surface area contributed by atoms with Gasteiger partial charge in [0.2, 0.25) is 0 Å². The molecule has 1 aromatic carbocycles. The van der Waals surface area contributed by atoms with Gasteiger partial charge in [-0.15, -0.1) is 0 Å². The molecule has 3 heterocycles. The number of halogens is 1. The summed E-state index contributed by atoms with van der Waals surface area (Å²) in [5.74, 6) is 0.534. The molecule has 0 radical (unpaired) electrons. The molecule has 2 aliphatic heterocycles. The van der Waals surface area contributed by atoms with Gasteiger partial charge in [-0.3, -0.25) is 14.2 Å². The molecule has 2 aromatic rings. The van der Waals surface area contributed by atoms with E-state index in [1.807, 2.05) is 24.3 Å². The van der Waals surface area contributed by atoms with Crippen molar-refractivity contribution in [1.82, 2.24) is 19.8 Å². The number of piperazine rings is 1. The molecule has 0 saturated carbocycles. The van der Waals surface area contributed by atoms with E-state index in [2.05, 4.69) is 10.3 Å². The van der Waals surface area contributed by atoms with Crippen LogP contribution in [0.15, 0.2) is 40.4 Å². The van der Waals surface area contributed by atoms with E-state index < -0.39 is 0 Å². The van der Waals surface area contributed by atoms with E-state index in [0.717, 1.165) is 11.3 Å². The van der Waals surface area contributed by atoms with E-state index in [0.29, 0.717) is 36.4 Å². The quantitative estimate of drug-likeness (QED) is 0.809. The van der Waals surface area contributed by atoms with Crippen molar-refractivity contribution in [1.29, 1.82) is 0 Å². The zero-order valence-electron chi connectivity index (χ0n) is 13.4. The minimum atomic E-state index is -0.281. The topological polar surface area (TPSA) is 67.2 Å². The standard InChI is InChI=1S/C17H17ClN4O2S/c18-13-4-2-1-3-11(13)14-10-19-5-6-21(14)15(23)12-9-20-17-22(16(12)24)7-8-25-17/h1-4,9,14,19H,5-8,10H2. The fourth-order valence-electron chi connectivity index (χ4n) is 3.29. The van der Waals surface area contributed by atoms with E-state index in [1.165, 1.54) is 18.0 Å². The smallest absolute Gasteiger partial charge is 0.267 e. The molecule has 1 saturated heterocycles. The van der Waals surface area contributed by atoms with Crippen LogP contribution in [-0.4, -0.2) is 45.7 Å². The largest absolute Gasteiger partial charge is 0.329 e. The van der Waals surface area contributed by atoms with E-state index in [1.54, 1.807) is 9.47 Å². The van der Waals surface area contributed by atoms with Crippen LogP contribution >= 0.6 is 23.4 Å². The molecule has 25 heavy (non-hydrogen) atoms. The SMILES string of the molecule is O=C(c1cnc2n(c1=O)CCS2)N1CCNCC1c1ccccc1Cl. The predicted octanol–water partition coefficient (Wildman–Crippen LogP) is 1.79. The lowest BCUT2D eigenvalue weighted by Crippen LogP contribution is -2.50. The molecule has 2 aliphatic rings. The number of fused-ring (bicyclic) bond motifs is 1. The van der Waals surface area contributed by atoms with Gasteiger partial charge in [-0.25, -0.2) is 4.98 Å². The summed E-state index contributed by atoms with van der Waals surface area (Å²) in [6.07, 6.45) is 1.42. The van der Waals surface area contributed by atoms with Crippen LogP contribution in [0.4, 0.5) is 0 Å². The van der Waals surface area contributed by atoms with Crippen LogP contribution in [0.1, 0.15) is 22.0 Å². The van der Waals surface area contributed by atoms with Crippen molar-refractivity contribution in [2.24, 2.45) is 0 Å². The number of nitrogens with one attached hydrogen (secondary N) is 1. The third-order valence-corrected chi connectivity index (χ3v) is 5.87. The number of nitrogens with zero attached hydrogens (tertiary/aromatic N) is 3. The molecular formula is C17H17ClN4O2S. The van der Waals surface area contributed by atoms with Crippen molar-refractivity contribution in [3.63, 3.8) is 0 Å². The minimum absolute atomic E-state index is 0.130. The number of benzene rings is 1. The summed E-state index contributed by atoms with van der Waals surface area (Å²) >= 11 is 7.87. The molecule has 1 aromatic heterocycles. The van der Waals surface area contributed by atoms with Crippen LogP contribution in [-0.2, 0) is 6.54 Å². The van der Waals surface area contributed by atoms with Gasteiger partial charge < -0.3 is 10.2 Å². The summed E-state index contributed by atoms with van der Waals surface area (Å²) in [5.41, 5.74) is 0.760. The normalized spacial score (nSPS) is 19.7. The van der Waals surface area contributed by atoms with Gasteiger partial charge in [-0.2, -0.15) is 0 Å². The van der Waals surface area contributed by atoms with Crippen LogP contribution in [0.25, 0.3) is 0 Å². The molecule has 0 aliphatic carbocycles. The van der Waals surface area contributed by atoms with Crippen LogP contribution in [0.5, 0.6) is 0 Å².